The van der Waals surface area contributed by atoms with Crippen molar-refractivity contribution in [2.75, 3.05) is 0 Å². The van der Waals surface area contributed by atoms with Gasteiger partial charge in [0.15, 0.2) is 0 Å². The average Bonchev–Trinajstić information content (AvgIpc) is 3.69. The Morgan fingerprint density at radius 1 is 0.717 bits per heavy atom. The summed E-state index contributed by atoms with van der Waals surface area (Å²) < 4.78 is 3.45. The molecule has 4 aromatic heterocycles. The van der Waals surface area contributed by atoms with Gasteiger partial charge < -0.3 is 4.57 Å². The molecule has 4 nitrogen and oxygen atoms in total. The van der Waals surface area contributed by atoms with E-state index in [1.54, 1.807) is 11.3 Å². The number of thiophene rings is 1. The van der Waals surface area contributed by atoms with Crippen LogP contribution >= 0.6 is 11.3 Å². The molecule has 0 fully saturated rings. The standard InChI is InChI=1S/C41H40N4S/c1-25(2)30-14-9-15-31(26(3)4)38(30)45-23-36(42-24-45)28-12-8-13-29(22-28)41(6,7)37-19-11-18-35(44-37)34-17-10-16-32-33-21-20-27(5)43-40(33)46-39(32)34/h8-26H,1-7H3. The number of aromatic nitrogens is 4. The molecule has 0 saturated carbocycles. The normalized spacial score (nSPS) is 12.2. The van der Waals surface area contributed by atoms with Crippen molar-refractivity contribution in [3.8, 4) is 28.2 Å². The number of hydrogen-bond donors (Lipinski definition) is 0. The van der Waals surface area contributed by atoms with E-state index in [0.717, 1.165) is 38.7 Å². The zero-order valence-corrected chi connectivity index (χ0v) is 28.5. The highest BCUT2D eigenvalue weighted by atomic mass is 32.1. The number of nitrogens with zero attached hydrogens (tertiary/aromatic N) is 4. The predicted octanol–water partition coefficient (Wildman–Crippen LogP) is 11.2. The third kappa shape index (κ3) is 5.23. The van der Waals surface area contributed by atoms with Crippen molar-refractivity contribution in [2.45, 2.75) is 65.7 Å². The maximum Gasteiger partial charge on any atom is 0.124 e. The molecule has 0 saturated heterocycles. The molecule has 0 atom stereocenters. The van der Waals surface area contributed by atoms with Crippen molar-refractivity contribution >= 4 is 31.6 Å². The van der Waals surface area contributed by atoms with Gasteiger partial charge in [0.25, 0.3) is 0 Å². The lowest BCUT2D eigenvalue weighted by Crippen LogP contribution is -2.20. The fraction of sp³-hybridized carbons (Fsp3) is 0.244. The van der Waals surface area contributed by atoms with Gasteiger partial charge in [-0.3, -0.25) is 4.98 Å². The van der Waals surface area contributed by atoms with Crippen LogP contribution in [-0.2, 0) is 5.41 Å². The van der Waals surface area contributed by atoms with Crippen molar-refractivity contribution in [2.24, 2.45) is 0 Å². The first-order valence-electron chi connectivity index (χ1n) is 16.2. The molecule has 5 heteroatoms. The zero-order valence-electron chi connectivity index (χ0n) is 27.7. The van der Waals surface area contributed by atoms with E-state index in [0.29, 0.717) is 11.8 Å². The Bertz CT molecular complexity index is 2190. The van der Waals surface area contributed by atoms with Crippen LogP contribution < -0.4 is 0 Å². The minimum atomic E-state index is -0.323. The largest absolute Gasteiger partial charge is 0.305 e. The Balaban J connectivity index is 1.25. The van der Waals surface area contributed by atoms with Crippen molar-refractivity contribution < 1.29 is 0 Å². The van der Waals surface area contributed by atoms with Crippen LogP contribution in [0.3, 0.4) is 0 Å². The van der Waals surface area contributed by atoms with E-state index in [1.165, 1.54) is 37.9 Å². The molecule has 46 heavy (non-hydrogen) atoms. The van der Waals surface area contributed by atoms with E-state index in [9.17, 15) is 0 Å². The summed E-state index contributed by atoms with van der Waals surface area (Å²) in [6.45, 7) is 15.6. The van der Waals surface area contributed by atoms with Crippen molar-refractivity contribution in [1.29, 1.82) is 0 Å². The quantitative estimate of drug-likeness (QED) is 0.178. The van der Waals surface area contributed by atoms with Gasteiger partial charge in [0, 0.05) is 43.9 Å². The van der Waals surface area contributed by atoms with Gasteiger partial charge in [-0.15, -0.1) is 11.3 Å². The molecule has 7 aromatic rings. The molecule has 0 radical (unpaired) electrons. The first kappa shape index (κ1) is 30.1. The molecular formula is C41H40N4S. The average molecular weight is 621 g/mol. The van der Waals surface area contributed by atoms with E-state index in [1.807, 2.05) is 13.3 Å². The number of hydrogen-bond acceptors (Lipinski definition) is 4. The molecule has 0 spiro atoms. The number of rotatable bonds is 7. The van der Waals surface area contributed by atoms with Gasteiger partial charge in [0.2, 0.25) is 0 Å². The minimum Gasteiger partial charge on any atom is -0.305 e. The second-order valence-corrected chi connectivity index (χ2v) is 14.5. The van der Waals surface area contributed by atoms with Gasteiger partial charge in [-0.1, -0.05) is 102 Å². The van der Waals surface area contributed by atoms with Gasteiger partial charge in [-0.25, -0.2) is 9.97 Å². The molecule has 0 amide bonds. The Labute approximate surface area is 275 Å². The van der Waals surface area contributed by atoms with Crippen LogP contribution in [0.5, 0.6) is 0 Å². The first-order chi connectivity index (χ1) is 22.1. The lowest BCUT2D eigenvalue weighted by Gasteiger charge is -2.26. The summed E-state index contributed by atoms with van der Waals surface area (Å²) in [4.78, 5) is 16.1. The molecule has 0 unspecified atom stereocenters. The summed E-state index contributed by atoms with van der Waals surface area (Å²) in [5, 5.41) is 2.44. The fourth-order valence-electron chi connectivity index (χ4n) is 6.53. The van der Waals surface area contributed by atoms with E-state index in [4.69, 9.17) is 15.0 Å². The third-order valence-electron chi connectivity index (χ3n) is 9.23. The molecule has 0 aliphatic carbocycles. The Kier molecular flexibility index (Phi) is 7.60. The SMILES string of the molecule is Cc1ccc2c(n1)sc1c(-c3cccc(C(C)(C)c4cccc(-c5cn(-c6c(C(C)C)cccc6C(C)C)cn5)c4)n3)cccc12. The van der Waals surface area contributed by atoms with Crippen LogP contribution in [0, 0.1) is 6.92 Å². The molecule has 4 heterocycles. The van der Waals surface area contributed by atoms with Gasteiger partial charge in [-0.2, -0.15) is 0 Å². The third-order valence-corrected chi connectivity index (χ3v) is 10.4. The maximum absolute atomic E-state index is 5.29. The number of aryl methyl sites for hydroxylation is 1. The van der Waals surface area contributed by atoms with Gasteiger partial charge in [-0.05, 0) is 65.8 Å². The number of pyridine rings is 2. The summed E-state index contributed by atoms with van der Waals surface area (Å²) in [6, 6.07) is 32.7. The molecule has 230 valence electrons. The molecular weight excluding hydrogens is 581 g/mol. The van der Waals surface area contributed by atoms with Crippen LogP contribution in [0.1, 0.15) is 81.5 Å². The highest BCUT2D eigenvalue weighted by Gasteiger charge is 2.26. The molecule has 0 bridgehead atoms. The highest BCUT2D eigenvalue weighted by Crippen LogP contribution is 2.40. The minimum absolute atomic E-state index is 0.323. The molecule has 0 aliphatic heterocycles. The number of fused-ring (bicyclic) bond motifs is 3. The molecule has 3 aromatic carbocycles. The van der Waals surface area contributed by atoms with E-state index >= 15 is 0 Å². The number of benzene rings is 3. The van der Waals surface area contributed by atoms with Crippen molar-refractivity contribution in [1.82, 2.24) is 19.5 Å². The van der Waals surface area contributed by atoms with Crippen molar-refractivity contribution in [3.05, 3.63) is 132 Å². The second-order valence-electron chi connectivity index (χ2n) is 13.5. The Morgan fingerprint density at radius 3 is 2.20 bits per heavy atom. The van der Waals surface area contributed by atoms with Gasteiger partial charge >= 0.3 is 0 Å². The van der Waals surface area contributed by atoms with Crippen LogP contribution in [0.2, 0.25) is 0 Å². The van der Waals surface area contributed by atoms with Gasteiger partial charge in [0.05, 0.1) is 29.1 Å². The van der Waals surface area contributed by atoms with Gasteiger partial charge in [0.1, 0.15) is 4.83 Å². The first-order valence-corrected chi connectivity index (χ1v) is 17.0. The van der Waals surface area contributed by atoms with Crippen LogP contribution in [0.25, 0.3) is 48.5 Å². The van der Waals surface area contributed by atoms with E-state index in [2.05, 4.69) is 143 Å². The maximum atomic E-state index is 5.29. The van der Waals surface area contributed by atoms with Crippen LogP contribution in [0.15, 0.2) is 104 Å². The highest BCUT2D eigenvalue weighted by molar-refractivity contribution is 7.26. The monoisotopic (exact) mass is 620 g/mol. The topological polar surface area (TPSA) is 43.6 Å². The summed E-state index contributed by atoms with van der Waals surface area (Å²) in [6.07, 6.45) is 4.15. The summed E-state index contributed by atoms with van der Waals surface area (Å²) in [5.74, 6) is 0.831. The molecule has 7 rings (SSSR count). The predicted molar refractivity (Wildman–Crippen MR) is 194 cm³/mol. The zero-order chi connectivity index (χ0) is 32.2. The van der Waals surface area contributed by atoms with E-state index in [-0.39, 0.29) is 5.41 Å². The summed E-state index contributed by atoms with van der Waals surface area (Å²) in [5.41, 5.74) is 11.1. The lowest BCUT2D eigenvalue weighted by molar-refractivity contribution is 0.618. The summed E-state index contributed by atoms with van der Waals surface area (Å²) in [7, 11) is 0. The molecule has 0 N–H and O–H groups in total. The molecule has 0 aliphatic rings. The van der Waals surface area contributed by atoms with Crippen molar-refractivity contribution in [3.63, 3.8) is 0 Å². The number of para-hydroxylation sites is 1. The van der Waals surface area contributed by atoms with Crippen LogP contribution in [0.4, 0.5) is 0 Å². The van der Waals surface area contributed by atoms with Crippen LogP contribution in [-0.4, -0.2) is 19.5 Å². The second kappa shape index (κ2) is 11.6. The Morgan fingerprint density at radius 2 is 1.43 bits per heavy atom. The number of imidazole rings is 1. The summed E-state index contributed by atoms with van der Waals surface area (Å²) >= 11 is 1.75. The van der Waals surface area contributed by atoms with E-state index < -0.39 is 0 Å². The lowest BCUT2D eigenvalue weighted by atomic mass is 9.80. The smallest absolute Gasteiger partial charge is 0.124 e. The Hall–Kier alpha value is -4.61. The fourth-order valence-corrected chi connectivity index (χ4v) is 7.77.